The summed E-state index contributed by atoms with van der Waals surface area (Å²) >= 11 is 1.58. The Hall–Kier alpha value is -2.76. The lowest BCUT2D eigenvalue weighted by atomic mass is 10.0. The minimum atomic E-state index is -0.0123. The van der Waals surface area contributed by atoms with Crippen LogP contribution in [0, 0.1) is 13.8 Å². The van der Waals surface area contributed by atoms with Gasteiger partial charge in [0.05, 0.1) is 18.5 Å². The van der Waals surface area contributed by atoms with Crippen LogP contribution in [0.2, 0.25) is 0 Å². The van der Waals surface area contributed by atoms with Crippen molar-refractivity contribution in [3.8, 4) is 22.5 Å². The Morgan fingerprint density at radius 3 is 2.50 bits per heavy atom. The van der Waals surface area contributed by atoms with Gasteiger partial charge in [-0.2, -0.15) is 0 Å². The minimum Gasteiger partial charge on any atom is -0.383 e. The number of fused-ring (bicyclic) bond motifs is 1. The van der Waals surface area contributed by atoms with E-state index in [1.807, 2.05) is 55.5 Å². The summed E-state index contributed by atoms with van der Waals surface area (Å²) in [6.07, 6.45) is 0. The molecule has 2 heterocycles. The third kappa shape index (κ3) is 3.28. The van der Waals surface area contributed by atoms with E-state index >= 15 is 0 Å². The topological polar surface area (TPSA) is 44.1 Å². The summed E-state index contributed by atoms with van der Waals surface area (Å²) in [5, 5.41) is 0.696. The maximum absolute atomic E-state index is 13.6. The van der Waals surface area contributed by atoms with E-state index in [9.17, 15) is 4.79 Å². The SMILES string of the molecule is COCCn1c(-c2cccc(C)c2)nc2sc(C)c(-c3ccccc3)c2c1=O. The molecule has 0 saturated heterocycles. The molecule has 0 aliphatic heterocycles. The molecule has 0 spiro atoms. The molecule has 142 valence electrons. The third-order valence-electron chi connectivity index (χ3n) is 4.85. The normalized spacial score (nSPS) is 11.2. The van der Waals surface area contributed by atoms with Gasteiger partial charge in [-0.3, -0.25) is 9.36 Å². The molecule has 2 aromatic heterocycles. The Morgan fingerprint density at radius 1 is 1.04 bits per heavy atom. The van der Waals surface area contributed by atoms with Crippen LogP contribution in [0.1, 0.15) is 10.4 Å². The van der Waals surface area contributed by atoms with Gasteiger partial charge in [0, 0.05) is 23.1 Å². The van der Waals surface area contributed by atoms with E-state index in [-0.39, 0.29) is 5.56 Å². The fourth-order valence-electron chi connectivity index (χ4n) is 3.54. The zero-order valence-corrected chi connectivity index (χ0v) is 17.0. The molecule has 2 aromatic carbocycles. The van der Waals surface area contributed by atoms with Crippen molar-refractivity contribution in [1.29, 1.82) is 0 Å². The monoisotopic (exact) mass is 390 g/mol. The second kappa shape index (κ2) is 7.70. The molecule has 4 nitrogen and oxygen atoms in total. The molecule has 4 aromatic rings. The predicted octanol–water partition coefficient (Wildman–Crippen LogP) is 5.06. The van der Waals surface area contributed by atoms with Crippen molar-refractivity contribution in [2.24, 2.45) is 0 Å². The van der Waals surface area contributed by atoms with Crippen molar-refractivity contribution in [3.63, 3.8) is 0 Å². The van der Waals surface area contributed by atoms with Gasteiger partial charge < -0.3 is 4.74 Å². The molecular formula is C23H22N2O2S. The van der Waals surface area contributed by atoms with E-state index in [1.54, 1.807) is 23.0 Å². The lowest BCUT2D eigenvalue weighted by Crippen LogP contribution is -2.25. The van der Waals surface area contributed by atoms with Crippen LogP contribution >= 0.6 is 11.3 Å². The quantitative estimate of drug-likeness (QED) is 0.479. The summed E-state index contributed by atoms with van der Waals surface area (Å²) in [4.78, 5) is 20.4. The predicted molar refractivity (Wildman–Crippen MR) is 116 cm³/mol. The maximum atomic E-state index is 13.6. The average molecular weight is 391 g/mol. The van der Waals surface area contributed by atoms with Gasteiger partial charge in [-0.15, -0.1) is 11.3 Å². The Bertz CT molecular complexity index is 1190. The van der Waals surface area contributed by atoms with Crippen LogP contribution in [0.25, 0.3) is 32.7 Å². The third-order valence-corrected chi connectivity index (χ3v) is 5.84. The van der Waals surface area contributed by atoms with Gasteiger partial charge in [-0.25, -0.2) is 4.98 Å². The molecule has 28 heavy (non-hydrogen) atoms. The van der Waals surface area contributed by atoms with Gasteiger partial charge in [0.1, 0.15) is 10.7 Å². The van der Waals surface area contributed by atoms with E-state index < -0.39 is 0 Å². The average Bonchev–Trinajstić information content (AvgIpc) is 3.04. The van der Waals surface area contributed by atoms with Gasteiger partial charge in [0.25, 0.3) is 5.56 Å². The van der Waals surface area contributed by atoms with Gasteiger partial charge in [-0.05, 0) is 25.5 Å². The number of rotatable bonds is 5. The summed E-state index contributed by atoms with van der Waals surface area (Å²) in [7, 11) is 1.65. The second-order valence-corrected chi connectivity index (χ2v) is 8.04. The van der Waals surface area contributed by atoms with E-state index in [1.165, 1.54) is 0 Å². The standard InChI is InChI=1S/C23H22N2O2S/c1-15-8-7-11-18(14-15)21-24-22-20(23(26)25(21)12-13-27-3)19(16(2)28-22)17-9-5-4-6-10-17/h4-11,14H,12-13H2,1-3H3. The molecule has 0 bridgehead atoms. The first-order valence-corrected chi connectivity index (χ1v) is 10.1. The molecule has 0 N–H and O–H groups in total. The van der Waals surface area contributed by atoms with Crippen molar-refractivity contribution < 1.29 is 4.74 Å². The molecule has 0 aliphatic rings. The highest BCUT2D eigenvalue weighted by Crippen LogP contribution is 2.36. The summed E-state index contributed by atoms with van der Waals surface area (Å²) in [6, 6.07) is 18.2. The number of methoxy groups -OCH3 is 1. The minimum absolute atomic E-state index is 0.0123. The van der Waals surface area contributed by atoms with E-state index in [4.69, 9.17) is 9.72 Å². The highest BCUT2D eigenvalue weighted by atomic mass is 32.1. The highest BCUT2D eigenvalue weighted by Gasteiger charge is 2.20. The fourth-order valence-corrected chi connectivity index (χ4v) is 4.58. The number of aryl methyl sites for hydroxylation is 2. The summed E-state index contributed by atoms with van der Waals surface area (Å²) in [6.45, 7) is 5.02. The van der Waals surface area contributed by atoms with Crippen LogP contribution in [0.3, 0.4) is 0 Å². The number of benzene rings is 2. The highest BCUT2D eigenvalue weighted by molar-refractivity contribution is 7.19. The molecule has 0 aliphatic carbocycles. The lowest BCUT2D eigenvalue weighted by Gasteiger charge is -2.13. The number of hydrogen-bond donors (Lipinski definition) is 0. The van der Waals surface area contributed by atoms with Crippen LogP contribution in [0.4, 0.5) is 0 Å². The molecular weight excluding hydrogens is 368 g/mol. The van der Waals surface area contributed by atoms with Gasteiger partial charge in [0.2, 0.25) is 0 Å². The molecule has 0 saturated carbocycles. The second-order valence-electron chi connectivity index (χ2n) is 6.83. The number of ether oxygens (including phenoxy) is 1. The van der Waals surface area contributed by atoms with Crippen LogP contribution in [-0.2, 0) is 11.3 Å². The van der Waals surface area contributed by atoms with E-state index in [0.717, 1.165) is 32.0 Å². The smallest absolute Gasteiger partial charge is 0.263 e. The number of hydrogen-bond acceptors (Lipinski definition) is 4. The summed E-state index contributed by atoms with van der Waals surface area (Å²) < 4.78 is 7.01. The number of aromatic nitrogens is 2. The van der Waals surface area contributed by atoms with Crippen LogP contribution < -0.4 is 5.56 Å². The first-order valence-electron chi connectivity index (χ1n) is 9.25. The van der Waals surface area contributed by atoms with Crippen molar-refractivity contribution in [2.75, 3.05) is 13.7 Å². The zero-order chi connectivity index (χ0) is 19.7. The Kier molecular flexibility index (Phi) is 5.11. The molecule has 0 unspecified atom stereocenters. The Balaban J connectivity index is 2.03. The first-order chi connectivity index (χ1) is 13.6. The van der Waals surface area contributed by atoms with Gasteiger partial charge in [-0.1, -0.05) is 54.1 Å². The molecule has 0 radical (unpaired) electrons. The van der Waals surface area contributed by atoms with Crippen LogP contribution in [-0.4, -0.2) is 23.3 Å². The largest absolute Gasteiger partial charge is 0.383 e. The molecule has 0 amide bonds. The molecule has 0 atom stereocenters. The van der Waals surface area contributed by atoms with Crippen molar-refractivity contribution >= 4 is 21.6 Å². The molecule has 5 heteroatoms. The van der Waals surface area contributed by atoms with Crippen LogP contribution in [0.15, 0.2) is 59.4 Å². The lowest BCUT2D eigenvalue weighted by molar-refractivity contribution is 0.186. The number of thiophene rings is 1. The first kappa shape index (κ1) is 18.6. The van der Waals surface area contributed by atoms with E-state index in [0.29, 0.717) is 24.4 Å². The van der Waals surface area contributed by atoms with Gasteiger partial charge >= 0.3 is 0 Å². The van der Waals surface area contributed by atoms with Gasteiger partial charge in [0.15, 0.2) is 0 Å². The summed E-state index contributed by atoms with van der Waals surface area (Å²) in [5.41, 5.74) is 4.11. The fraction of sp³-hybridized carbons (Fsp3) is 0.217. The maximum Gasteiger partial charge on any atom is 0.263 e. The Labute approximate surface area is 168 Å². The van der Waals surface area contributed by atoms with Crippen molar-refractivity contribution in [3.05, 3.63) is 75.4 Å². The molecule has 4 rings (SSSR count). The van der Waals surface area contributed by atoms with Crippen LogP contribution in [0.5, 0.6) is 0 Å². The van der Waals surface area contributed by atoms with Crippen molar-refractivity contribution in [2.45, 2.75) is 20.4 Å². The van der Waals surface area contributed by atoms with Crippen molar-refractivity contribution in [1.82, 2.24) is 9.55 Å². The molecule has 0 fully saturated rings. The van der Waals surface area contributed by atoms with E-state index in [2.05, 4.69) is 13.0 Å². The zero-order valence-electron chi connectivity index (χ0n) is 16.2. The Morgan fingerprint density at radius 2 is 1.79 bits per heavy atom. The number of nitrogens with zero attached hydrogens (tertiary/aromatic N) is 2. The summed E-state index contributed by atoms with van der Waals surface area (Å²) in [5.74, 6) is 0.694.